The van der Waals surface area contributed by atoms with Crippen molar-refractivity contribution < 1.29 is 4.79 Å². The molecule has 0 unspecified atom stereocenters. The van der Waals surface area contributed by atoms with Crippen molar-refractivity contribution >= 4 is 12.0 Å². The molecule has 0 radical (unpaired) electrons. The lowest BCUT2D eigenvalue weighted by Gasteiger charge is -1.91. The lowest BCUT2D eigenvalue weighted by molar-refractivity contribution is -0.114. The Bertz CT molecular complexity index is 363. The van der Waals surface area contributed by atoms with Crippen molar-refractivity contribution in [2.45, 2.75) is 6.92 Å². The van der Waals surface area contributed by atoms with E-state index in [4.69, 9.17) is 5.73 Å². The minimum atomic E-state index is -0.386. The van der Waals surface area contributed by atoms with E-state index in [-0.39, 0.29) is 5.91 Å². The van der Waals surface area contributed by atoms with Crippen molar-refractivity contribution in [3.05, 3.63) is 53.6 Å². The third-order valence-electron chi connectivity index (χ3n) is 1.82. The van der Waals surface area contributed by atoms with E-state index in [0.717, 1.165) is 5.56 Å². The van der Waals surface area contributed by atoms with E-state index in [1.807, 2.05) is 42.5 Å². The number of rotatable bonds is 3. The number of nitrogens with two attached hydrogens (primary N) is 1. The molecule has 2 heteroatoms. The van der Waals surface area contributed by atoms with Crippen LogP contribution in [0.3, 0.4) is 0 Å². The number of primary amides is 1. The zero-order valence-corrected chi connectivity index (χ0v) is 8.10. The second-order valence-electron chi connectivity index (χ2n) is 2.98. The smallest absolute Gasteiger partial charge is 0.244 e. The zero-order valence-electron chi connectivity index (χ0n) is 8.10. The molecule has 0 aliphatic carbocycles. The Labute approximate surface area is 83.7 Å². The first-order valence-electron chi connectivity index (χ1n) is 4.40. The zero-order chi connectivity index (χ0) is 10.4. The number of benzene rings is 1. The van der Waals surface area contributed by atoms with E-state index in [0.29, 0.717) is 5.57 Å². The van der Waals surface area contributed by atoms with Gasteiger partial charge in [0.1, 0.15) is 0 Å². The number of carbonyl (C=O) groups is 1. The van der Waals surface area contributed by atoms with Crippen LogP contribution in [0, 0.1) is 0 Å². The van der Waals surface area contributed by atoms with Gasteiger partial charge in [0.2, 0.25) is 5.91 Å². The summed E-state index contributed by atoms with van der Waals surface area (Å²) in [5, 5.41) is 0. The molecule has 0 spiro atoms. The minimum Gasteiger partial charge on any atom is -0.366 e. The van der Waals surface area contributed by atoms with Crippen LogP contribution in [-0.2, 0) is 4.79 Å². The summed E-state index contributed by atoms with van der Waals surface area (Å²) >= 11 is 0. The third-order valence-corrected chi connectivity index (χ3v) is 1.82. The molecule has 0 aliphatic rings. The average Bonchev–Trinajstić information content (AvgIpc) is 2.19. The molecule has 0 atom stereocenters. The van der Waals surface area contributed by atoms with Gasteiger partial charge in [0.05, 0.1) is 0 Å². The molecule has 1 rings (SSSR count). The summed E-state index contributed by atoms with van der Waals surface area (Å²) in [4.78, 5) is 10.7. The molecular weight excluding hydrogens is 174 g/mol. The topological polar surface area (TPSA) is 43.1 Å². The van der Waals surface area contributed by atoms with E-state index >= 15 is 0 Å². The van der Waals surface area contributed by atoms with Gasteiger partial charge in [-0.3, -0.25) is 4.79 Å². The van der Waals surface area contributed by atoms with Gasteiger partial charge >= 0.3 is 0 Å². The molecule has 14 heavy (non-hydrogen) atoms. The molecule has 2 N–H and O–H groups in total. The van der Waals surface area contributed by atoms with Crippen molar-refractivity contribution in [3.63, 3.8) is 0 Å². The molecule has 1 aromatic carbocycles. The van der Waals surface area contributed by atoms with Crippen LogP contribution in [0.1, 0.15) is 12.5 Å². The monoisotopic (exact) mass is 187 g/mol. The largest absolute Gasteiger partial charge is 0.366 e. The summed E-state index contributed by atoms with van der Waals surface area (Å²) in [5.41, 5.74) is 6.73. The van der Waals surface area contributed by atoms with Crippen molar-refractivity contribution in [2.24, 2.45) is 5.73 Å². The van der Waals surface area contributed by atoms with Crippen LogP contribution in [0.25, 0.3) is 6.08 Å². The number of carbonyl (C=O) groups excluding carboxylic acids is 1. The molecule has 0 fully saturated rings. The van der Waals surface area contributed by atoms with Gasteiger partial charge in [-0.15, -0.1) is 0 Å². The van der Waals surface area contributed by atoms with E-state index in [9.17, 15) is 4.79 Å². The Kier molecular flexibility index (Phi) is 3.68. The normalized spacial score (nSPS) is 11.9. The van der Waals surface area contributed by atoms with Gasteiger partial charge in [-0.25, -0.2) is 0 Å². The molecule has 0 saturated carbocycles. The summed E-state index contributed by atoms with van der Waals surface area (Å²) in [7, 11) is 0. The van der Waals surface area contributed by atoms with Crippen LogP contribution >= 0.6 is 0 Å². The molecule has 2 nitrogen and oxygen atoms in total. The van der Waals surface area contributed by atoms with Crippen LogP contribution in [0.2, 0.25) is 0 Å². The number of hydrogen-bond donors (Lipinski definition) is 1. The molecule has 1 aromatic rings. The fourth-order valence-electron chi connectivity index (χ4n) is 0.950. The van der Waals surface area contributed by atoms with Crippen LogP contribution < -0.4 is 5.73 Å². The fourth-order valence-corrected chi connectivity index (χ4v) is 0.950. The fraction of sp³-hybridized carbons (Fsp3) is 0.0833. The standard InChI is InChI=1S/C12H13NO/c1-10(12(13)14)6-5-9-11-7-3-2-4-8-11/h2-9H,1H3,(H2,13,14). The highest BCUT2D eigenvalue weighted by Crippen LogP contribution is 2.01. The summed E-state index contributed by atoms with van der Waals surface area (Å²) in [6.07, 6.45) is 5.44. The molecule has 72 valence electrons. The Morgan fingerprint density at radius 1 is 1.29 bits per heavy atom. The molecule has 0 aliphatic heterocycles. The minimum absolute atomic E-state index is 0.386. The van der Waals surface area contributed by atoms with Crippen LogP contribution in [-0.4, -0.2) is 5.91 Å². The highest BCUT2D eigenvalue weighted by molar-refractivity contribution is 5.91. The van der Waals surface area contributed by atoms with E-state index < -0.39 is 0 Å². The summed E-state index contributed by atoms with van der Waals surface area (Å²) < 4.78 is 0. The van der Waals surface area contributed by atoms with Crippen molar-refractivity contribution in [2.75, 3.05) is 0 Å². The number of allylic oxidation sites excluding steroid dienone is 2. The first-order chi connectivity index (χ1) is 6.70. The second-order valence-corrected chi connectivity index (χ2v) is 2.98. The number of amides is 1. The average molecular weight is 187 g/mol. The van der Waals surface area contributed by atoms with Crippen LogP contribution in [0.5, 0.6) is 0 Å². The first kappa shape index (κ1) is 10.3. The quantitative estimate of drug-likeness (QED) is 0.571. The third kappa shape index (κ3) is 3.27. The van der Waals surface area contributed by atoms with E-state index in [2.05, 4.69) is 0 Å². The van der Waals surface area contributed by atoms with Crippen LogP contribution in [0.15, 0.2) is 48.1 Å². The van der Waals surface area contributed by atoms with Crippen molar-refractivity contribution in [1.29, 1.82) is 0 Å². The van der Waals surface area contributed by atoms with Gasteiger partial charge in [-0.2, -0.15) is 0 Å². The van der Waals surface area contributed by atoms with E-state index in [1.165, 1.54) is 0 Å². The maximum absolute atomic E-state index is 10.7. The Morgan fingerprint density at radius 3 is 2.50 bits per heavy atom. The molecule has 1 amide bonds. The maximum Gasteiger partial charge on any atom is 0.244 e. The van der Waals surface area contributed by atoms with Gasteiger partial charge in [-0.1, -0.05) is 48.6 Å². The predicted octanol–water partition coefficient (Wildman–Crippen LogP) is 2.13. The Balaban J connectivity index is 2.66. The number of hydrogen-bond acceptors (Lipinski definition) is 1. The summed E-state index contributed by atoms with van der Waals surface area (Å²) in [6, 6.07) is 9.87. The highest BCUT2D eigenvalue weighted by atomic mass is 16.1. The molecular formula is C12H13NO. The van der Waals surface area contributed by atoms with Gasteiger partial charge < -0.3 is 5.73 Å². The lowest BCUT2D eigenvalue weighted by atomic mass is 10.2. The lowest BCUT2D eigenvalue weighted by Crippen LogP contribution is -2.11. The van der Waals surface area contributed by atoms with Gasteiger partial charge in [0, 0.05) is 5.57 Å². The SMILES string of the molecule is CC(=CC=Cc1ccccc1)C(N)=O. The predicted molar refractivity (Wildman–Crippen MR) is 58.4 cm³/mol. The molecule has 0 saturated heterocycles. The molecule has 0 aromatic heterocycles. The van der Waals surface area contributed by atoms with Gasteiger partial charge in [0.15, 0.2) is 0 Å². The van der Waals surface area contributed by atoms with Crippen molar-refractivity contribution in [1.82, 2.24) is 0 Å². The summed E-state index contributed by atoms with van der Waals surface area (Å²) in [5.74, 6) is -0.386. The molecule has 0 bridgehead atoms. The van der Waals surface area contributed by atoms with Gasteiger partial charge in [-0.05, 0) is 12.5 Å². The Hall–Kier alpha value is -1.83. The van der Waals surface area contributed by atoms with Crippen LogP contribution in [0.4, 0.5) is 0 Å². The summed E-state index contributed by atoms with van der Waals surface area (Å²) in [6.45, 7) is 1.69. The maximum atomic E-state index is 10.7. The molecule has 0 heterocycles. The second kappa shape index (κ2) is 5.02. The van der Waals surface area contributed by atoms with Gasteiger partial charge in [0.25, 0.3) is 0 Å². The van der Waals surface area contributed by atoms with E-state index in [1.54, 1.807) is 13.0 Å². The van der Waals surface area contributed by atoms with Crippen molar-refractivity contribution in [3.8, 4) is 0 Å². The Morgan fingerprint density at radius 2 is 1.93 bits per heavy atom. The first-order valence-corrected chi connectivity index (χ1v) is 4.40. The highest BCUT2D eigenvalue weighted by Gasteiger charge is 1.92.